The van der Waals surface area contributed by atoms with Crippen molar-refractivity contribution in [2.24, 2.45) is 10.2 Å². The zero-order chi connectivity index (χ0) is 38.0. The Morgan fingerprint density at radius 1 is 0.943 bits per heavy atom. The molecule has 0 atom stereocenters. The summed E-state index contributed by atoms with van der Waals surface area (Å²) >= 11 is 0. The average Bonchev–Trinajstić information content (AvgIpc) is 3.08. The first-order valence-corrected chi connectivity index (χ1v) is 18.8. The Hall–Kier alpha value is -4.77. The molecule has 0 aliphatic heterocycles. The molecule has 0 spiro atoms. The van der Waals surface area contributed by atoms with Gasteiger partial charge in [0.2, 0.25) is 0 Å². The van der Waals surface area contributed by atoms with Crippen molar-refractivity contribution in [2.75, 3.05) is 21.9 Å². The number of nitrogens with two attached hydrogens (primary N) is 1. The van der Waals surface area contributed by atoms with Crippen molar-refractivity contribution in [3.05, 3.63) is 115 Å². The number of nitrogens with zero attached hydrogens (tertiary/aromatic N) is 3. The number of hydrogen-bond donors (Lipinski definition) is 4. The number of azo groups is 1. The zero-order valence-corrected chi connectivity index (χ0v) is 33.4. The van der Waals surface area contributed by atoms with Gasteiger partial charge in [-0.2, -0.15) is 0 Å². The number of anilines is 3. The minimum absolute atomic E-state index is 0. The Bertz CT molecular complexity index is 2450. The molecule has 0 saturated heterocycles. The Morgan fingerprint density at radius 3 is 2.26 bits per heavy atom. The predicted molar refractivity (Wildman–Crippen MR) is 202 cm³/mol. The maximum absolute atomic E-state index is 14.1. The van der Waals surface area contributed by atoms with Crippen LogP contribution in [0.25, 0.3) is 16.3 Å². The van der Waals surface area contributed by atoms with Gasteiger partial charge in [0, 0.05) is 12.2 Å². The van der Waals surface area contributed by atoms with Crippen molar-refractivity contribution < 1.29 is 60.8 Å². The number of sulfonamides is 1. The number of benzene rings is 5. The van der Waals surface area contributed by atoms with E-state index in [0.29, 0.717) is 11.4 Å². The molecule has 0 aliphatic carbocycles. The molecule has 0 saturated carbocycles. The first-order valence-electron chi connectivity index (χ1n) is 15.9. The molecule has 5 N–H and O–H groups in total. The van der Waals surface area contributed by atoms with Gasteiger partial charge in [0.05, 0.1) is 27.2 Å². The van der Waals surface area contributed by atoms with Gasteiger partial charge in [-0.25, -0.2) is 21.6 Å². The van der Waals surface area contributed by atoms with Gasteiger partial charge in [-0.15, -0.1) is 10.2 Å². The first-order chi connectivity index (χ1) is 24.4. The summed E-state index contributed by atoms with van der Waals surface area (Å²) in [6.07, 6.45) is 0. The maximum atomic E-state index is 14.1. The van der Waals surface area contributed by atoms with E-state index in [0.717, 1.165) is 28.8 Å². The summed E-state index contributed by atoms with van der Waals surface area (Å²) in [4.78, 5) is 12.2. The van der Waals surface area contributed by atoms with Crippen molar-refractivity contribution in [1.82, 2.24) is 5.32 Å². The fraction of sp³-hybridized carbons (Fsp3) is 0.162. The number of fused-ring (bicyclic) bond motifs is 1. The summed E-state index contributed by atoms with van der Waals surface area (Å²) in [5.74, 6) is -0.571. The number of amides is 2. The summed E-state index contributed by atoms with van der Waals surface area (Å²) in [7, 11) is -9.10. The zero-order valence-electron chi connectivity index (χ0n) is 29.8. The van der Waals surface area contributed by atoms with Crippen LogP contribution < -0.4 is 50.2 Å². The van der Waals surface area contributed by atoms with Crippen LogP contribution in [0.5, 0.6) is 5.75 Å². The molecule has 0 fully saturated rings. The summed E-state index contributed by atoms with van der Waals surface area (Å²) in [5, 5.41) is 24.9. The second kappa shape index (κ2) is 16.1. The van der Waals surface area contributed by atoms with Gasteiger partial charge in [-0.1, -0.05) is 48.6 Å². The van der Waals surface area contributed by atoms with E-state index in [1.807, 2.05) is 45.0 Å². The number of aromatic hydroxyl groups is 1. The number of allylic oxidation sites excluding steroid dienone is 1. The number of hydrogen-bond acceptors (Lipinski definition) is 10. The molecular weight excluding hydrogens is 728 g/mol. The molecule has 0 radical (unpaired) electrons. The summed E-state index contributed by atoms with van der Waals surface area (Å²) < 4.78 is 64.0. The Labute approximate surface area is 330 Å². The molecule has 2 amide bonds. The van der Waals surface area contributed by atoms with Crippen LogP contribution in [0.15, 0.2) is 124 Å². The standard InChI is InChI=1S/C37H38N6O7S2.Na/c1-6-43(28-17-15-27(16-18-28)39-36(45)40-37(4,5)26-11-9-10-24(20-26)23(2)3)51(46,47)33-13-8-7-12-31(33)41-42-35-30(38)19-14-25-21-29(52(48,49)50)22-32(44)34(25)35;/h7-22,44H,2,6,38H2,1,3-5H3,(H2,39,40,45)(H,48,49,50);/q;+1/p-1. The van der Waals surface area contributed by atoms with Crippen molar-refractivity contribution in [3.63, 3.8) is 0 Å². The maximum Gasteiger partial charge on any atom is 1.00 e. The monoisotopic (exact) mass is 764 g/mol. The number of phenolic OH excluding ortho intramolecular Hbond substituents is 1. The normalized spacial score (nSPS) is 11.9. The topological polar surface area (TPSA) is 207 Å². The van der Waals surface area contributed by atoms with E-state index in [-0.39, 0.29) is 68.8 Å². The number of rotatable bonds is 11. The molecule has 53 heavy (non-hydrogen) atoms. The predicted octanol–water partition coefficient (Wildman–Crippen LogP) is 4.76. The quantitative estimate of drug-likeness (QED) is 0.0637. The van der Waals surface area contributed by atoms with Crippen molar-refractivity contribution in [2.45, 2.75) is 43.0 Å². The van der Waals surface area contributed by atoms with Gasteiger partial charge in [-0.05, 0) is 105 Å². The van der Waals surface area contributed by atoms with E-state index >= 15 is 0 Å². The number of nitrogens with one attached hydrogen (secondary N) is 2. The van der Waals surface area contributed by atoms with E-state index in [1.165, 1.54) is 34.6 Å². The van der Waals surface area contributed by atoms with Crippen LogP contribution in [0.2, 0.25) is 0 Å². The van der Waals surface area contributed by atoms with E-state index in [4.69, 9.17) is 5.73 Å². The van der Waals surface area contributed by atoms with Gasteiger partial charge in [0.25, 0.3) is 10.0 Å². The largest absolute Gasteiger partial charge is 1.00 e. The summed E-state index contributed by atoms with van der Waals surface area (Å²) in [6, 6.07) is 24.2. The Balaban J connectivity index is 0.00000627. The minimum Gasteiger partial charge on any atom is -0.744 e. The van der Waals surface area contributed by atoms with E-state index in [2.05, 4.69) is 27.4 Å². The molecule has 0 aromatic heterocycles. The second-order valence-electron chi connectivity index (χ2n) is 12.4. The van der Waals surface area contributed by atoms with Gasteiger partial charge >= 0.3 is 35.6 Å². The van der Waals surface area contributed by atoms with E-state index < -0.39 is 42.4 Å². The van der Waals surface area contributed by atoms with Gasteiger partial charge in [0.15, 0.2) is 0 Å². The van der Waals surface area contributed by atoms with E-state index in [9.17, 15) is 31.3 Å². The van der Waals surface area contributed by atoms with Crippen molar-refractivity contribution >= 4 is 71.0 Å². The Morgan fingerprint density at radius 2 is 1.62 bits per heavy atom. The van der Waals surface area contributed by atoms with Crippen LogP contribution >= 0.6 is 0 Å². The first kappa shape index (κ1) is 41.0. The molecule has 16 heteroatoms. The van der Waals surface area contributed by atoms with Crippen molar-refractivity contribution in [1.29, 1.82) is 0 Å². The average molecular weight is 765 g/mol. The minimum atomic E-state index is -4.87. The van der Waals surface area contributed by atoms with Crippen molar-refractivity contribution in [3.8, 4) is 5.75 Å². The van der Waals surface area contributed by atoms with Crippen LogP contribution in [0.1, 0.15) is 38.8 Å². The van der Waals surface area contributed by atoms with Gasteiger partial charge in [0.1, 0.15) is 32.1 Å². The van der Waals surface area contributed by atoms with Gasteiger partial charge in [-0.3, -0.25) is 4.31 Å². The molecule has 5 aromatic rings. The van der Waals surface area contributed by atoms with Crippen LogP contribution in [-0.4, -0.2) is 39.1 Å². The molecule has 0 bridgehead atoms. The van der Waals surface area contributed by atoms with Crippen LogP contribution in [0.4, 0.5) is 33.2 Å². The number of phenols is 1. The number of urea groups is 1. The third-order valence-corrected chi connectivity index (χ3v) is 11.0. The molecule has 0 heterocycles. The third-order valence-electron chi connectivity index (χ3n) is 8.26. The SMILES string of the molecule is C=C(C)c1cccc(C(C)(C)NC(=O)Nc2ccc(N(CC)S(=O)(=O)c3ccccc3N=Nc3c(N)ccc4cc(S(=O)(=O)[O-])cc(O)c34)cc2)c1.[Na+]. The number of carbonyl (C=O) groups is 1. The van der Waals surface area contributed by atoms with Crippen LogP contribution in [0.3, 0.4) is 0 Å². The summed E-state index contributed by atoms with van der Waals surface area (Å²) in [5.41, 5.74) is 8.91. The third kappa shape index (κ3) is 9.07. The molecule has 0 unspecified atom stereocenters. The smallest absolute Gasteiger partial charge is 0.744 e. The van der Waals surface area contributed by atoms with E-state index in [1.54, 1.807) is 37.3 Å². The molecule has 5 rings (SSSR count). The van der Waals surface area contributed by atoms with Crippen LogP contribution in [0, 0.1) is 0 Å². The van der Waals surface area contributed by atoms with Gasteiger partial charge < -0.3 is 26.0 Å². The summed E-state index contributed by atoms with van der Waals surface area (Å²) in [6.45, 7) is 11.4. The fourth-order valence-corrected chi connectivity index (χ4v) is 7.67. The molecule has 5 aromatic carbocycles. The van der Waals surface area contributed by atoms with Crippen LogP contribution in [-0.2, 0) is 25.7 Å². The molecule has 270 valence electrons. The fourth-order valence-electron chi connectivity index (χ4n) is 5.54. The molecule has 0 aliphatic rings. The molecule has 13 nitrogen and oxygen atoms in total. The molecular formula is C37H37N6NaO7S2. The second-order valence-corrected chi connectivity index (χ2v) is 15.7. The number of carbonyl (C=O) groups excluding carboxylic acids is 1. The Kier molecular flexibility index (Phi) is 12.4. The number of nitrogen functional groups attached to an aromatic ring is 1.